The summed E-state index contributed by atoms with van der Waals surface area (Å²) in [6.07, 6.45) is 10.7. The van der Waals surface area contributed by atoms with Crippen molar-refractivity contribution in [2.24, 2.45) is 11.8 Å². The van der Waals surface area contributed by atoms with Gasteiger partial charge in [-0.25, -0.2) is 4.98 Å². The molecule has 1 fully saturated rings. The number of aliphatic carboxylic acids is 1. The van der Waals surface area contributed by atoms with Gasteiger partial charge in [0, 0.05) is 11.8 Å². The molecular weight excluding hydrogens is 348 g/mol. The highest BCUT2D eigenvalue weighted by Crippen LogP contribution is 2.27. The van der Waals surface area contributed by atoms with E-state index in [9.17, 15) is 14.7 Å². The molecule has 0 radical (unpaired) electrons. The number of aromatic nitrogens is 1. The molecule has 1 aliphatic rings. The zero-order valence-electron chi connectivity index (χ0n) is 15.9. The number of aryl methyl sites for hydroxylation is 1. The molecule has 1 aromatic heterocycles. The highest BCUT2D eigenvalue weighted by atomic mass is 32.1. The van der Waals surface area contributed by atoms with Crippen molar-refractivity contribution in [1.82, 2.24) is 10.3 Å². The van der Waals surface area contributed by atoms with Gasteiger partial charge in [0.1, 0.15) is 12.3 Å². The van der Waals surface area contributed by atoms with E-state index < -0.39 is 18.1 Å². The Labute approximate surface area is 160 Å². The summed E-state index contributed by atoms with van der Waals surface area (Å²) in [7, 11) is 0. The van der Waals surface area contributed by atoms with Crippen LogP contribution in [0.25, 0.3) is 0 Å². The Morgan fingerprint density at radius 2 is 2.12 bits per heavy atom. The smallest absolute Gasteiger partial charge is 0.321 e. The van der Waals surface area contributed by atoms with E-state index in [0.29, 0.717) is 18.8 Å². The first-order valence-corrected chi connectivity index (χ1v) is 10.7. The van der Waals surface area contributed by atoms with Crippen molar-refractivity contribution in [1.29, 1.82) is 0 Å². The summed E-state index contributed by atoms with van der Waals surface area (Å²) in [6, 6.07) is -1.21. The van der Waals surface area contributed by atoms with Crippen LogP contribution in [-0.2, 0) is 22.4 Å². The molecule has 0 amide bonds. The van der Waals surface area contributed by atoms with E-state index in [1.54, 1.807) is 0 Å². The van der Waals surface area contributed by atoms with E-state index in [0.717, 1.165) is 29.3 Å². The van der Waals surface area contributed by atoms with Crippen LogP contribution in [0.3, 0.4) is 0 Å². The lowest BCUT2D eigenvalue weighted by Crippen LogP contribution is -2.46. The van der Waals surface area contributed by atoms with Gasteiger partial charge in [0.05, 0.1) is 16.7 Å². The number of carbonyl (C=O) groups excluding carboxylic acids is 1. The predicted octanol–water partition coefficient (Wildman–Crippen LogP) is 3.85. The van der Waals surface area contributed by atoms with E-state index in [-0.39, 0.29) is 0 Å². The number of nitrogens with one attached hydrogen (secondary N) is 1. The predicted molar refractivity (Wildman–Crippen MR) is 105 cm³/mol. The topological polar surface area (TPSA) is 79.3 Å². The Morgan fingerprint density at radius 1 is 1.38 bits per heavy atom. The summed E-state index contributed by atoms with van der Waals surface area (Å²) >= 11 is 1.53. The first-order chi connectivity index (χ1) is 12.5. The van der Waals surface area contributed by atoms with Crippen LogP contribution in [-0.4, -0.2) is 34.4 Å². The highest BCUT2D eigenvalue weighted by molar-refractivity contribution is 7.09. The van der Waals surface area contributed by atoms with Crippen molar-refractivity contribution >= 4 is 23.6 Å². The molecule has 1 heterocycles. The van der Waals surface area contributed by atoms with E-state index in [1.807, 2.05) is 13.8 Å². The zero-order chi connectivity index (χ0) is 18.9. The molecule has 2 rings (SSSR count). The molecule has 2 N–H and O–H groups in total. The van der Waals surface area contributed by atoms with E-state index in [4.69, 9.17) is 0 Å². The molecule has 0 bridgehead atoms. The summed E-state index contributed by atoms with van der Waals surface area (Å²) in [5, 5.41) is 15.4. The average molecular weight is 381 g/mol. The third-order valence-corrected chi connectivity index (χ3v) is 6.03. The largest absolute Gasteiger partial charge is 0.480 e. The number of thiazole rings is 1. The van der Waals surface area contributed by atoms with Crippen LogP contribution in [0, 0.1) is 11.8 Å². The van der Waals surface area contributed by atoms with E-state index in [2.05, 4.69) is 15.7 Å². The van der Waals surface area contributed by atoms with E-state index >= 15 is 0 Å². The maximum Gasteiger partial charge on any atom is 0.321 e. The van der Waals surface area contributed by atoms with Crippen molar-refractivity contribution < 1.29 is 14.7 Å². The number of hydrogen-bond donors (Lipinski definition) is 2. The van der Waals surface area contributed by atoms with Crippen molar-refractivity contribution in [3.05, 3.63) is 16.1 Å². The molecule has 0 aromatic carbocycles. The maximum atomic E-state index is 11.6. The molecular formula is C20H32N2O3S. The van der Waals surface area contributed by atoms with Crippen molar-refractivity contribution in [2.45, 2.75) is 83.7 Å². The van der Waals surface area contributed by atoms with Gasteiger partial charge in [0.15, 0.2) is 0 Å². The van der Waals surface area contributed by atoms with Crippen LogP contribution in [0.15, 0.2) is 5.38 Å². The van der Waals surface area contributed by atoms with Crippen LogP contribution in [0.1, 0.15) is 69.5 Å². The van der Waals surface area contributed by atoms with Gasteiger partial charge in [-0.1, -0.05) is 46.0 Å². The average Bonchev–Trinajstić information content (AvgIpc) is 3.06. The molecule has 2 atom stereocenters. The van der Waals surface area contributed by atoms with Gasteiger partial charge >= 0.3 is 5.97 Å². The van der Waals surface area contributed by atoms with Gasteiger partial charge in [-0.05, 0) is 31.1 Å². The third-order valence-electron chi connectivity index (χ3n) is 5.11. The lowest BCUT2D eigenvalue weighted by atomic mass is 9.86. The second-order valence-corrected chi connectivity index (χ2v) is 8.85. The fraction of sp³-hybridized carbons (Fsp3) is 0.750. The number of carbonyl (C=O) groups is 2. The quantitative estimate of drug-likeness (QED) is 0.570. The van der Waals surface area contributed by atoms with Crippen LogP contribution in [0.2, 0.25) is 0 Å². The Bertz CT molecular complexity index is 567. The minimum atomic E-state index is -0.931. The SMILES string of the molecule is CC(C)C[C@@H](C=O)N[C@@H](Cc1nc(CCC2CCCCC2)cs1)C(=O)O. The molecule has 6 heteroatoms. The van der Waals surface area contributed by atoms with Gasteiger partial charge in [-0.2, -0.15) is 0 Å². The number of carboxylic acid groups (broad SMARTS) is 1. The number of hydrogen-bond acceptors (Lipinski definition) is 5. The Morgan fingerprint density at radius 3 is 2.73 bits per heavy atom. The summed E-state index contributed by atoms with van der Waals surface area (Å²) in [6.45, 7) is 4.04. The van der Waals surface area contributed by atoms with Crippen molar-refractivity contribution in [3.8, 4) is 0 Å². The fourth-order valence-electron chi connectivity index (χ4n) is 3.71. The summed E-state index contributed by atoms with van der Waals surface area (Å²) in [4.78, 5) is 27.4. The van der Waals surface area contributed by atoms with Crippen LogP contribution in [0.4, 0.5) is 0 Å². The van der Waals surface area contributed by atoms with Gasteiger partial charge < -0.3 is 9.90 Å². The second-order valence-electron chi connectivity index (χ2n) is 7.91. The maximum absolute atomic E-state index is 11.6. The van der Waals surface area contributed by atoms with Crippen LogP contribution in [0.5, 0.6) is 0 Å². The molecule has 5 nitrogen and oxygen atoms in total. The minimum absolute atomic E-state index is 0.325. The summed E-state index contributed by atoms with van der Waals surface area (Å²) in [5.74, 6) is 0.227. The Kier molecular flexibility index (Phi) is 8.72. The summed E-state index contributed by atoms with van der Waals surface area (Å²) < 4.78 is 0. The summed E-state index contributed by atoms with van der Waals surface area (Å²) in [5.41, 5.74) is 1.08. The molecule has 0 spiro atoms. The fourth-order valence-corrected chi connectivity index (χ4v) is 4.58. The monoisotopic (exact) mass is 380 g/mol. The molecule has 0 saturated heterocycles. The molecule has 1 saturated carbocycles. The lowest BCUT2D eigenvalue weighted by molar-refractivity contribution is -0.139. The normalized spacial score (nSPS) is 18.0. The van der Waals surface area contributed by atoms with Gasteiger partial charge in [0.2, 0.25) is 0 Å². The standard InChI is InChI=1S/C20H32N2O3S/c1-14(2)10-17(12-23)21-18(20(24)25)11-19-22-16(13-26-19)9-8-15-6-4-3-5-7-15/h12-15,17-18,21H,3-11H2,1-2H3,(H,24,25)/t17-,18-/m0/s1. The van der Waals surface area contributed by atoms with Crippen molar-refractivity contribution in [3.63, 3.8) is 0 Å². The second kappa shape index (κ2) is 10.8. The van der Waals surface area contributed by atoms with E-state index in [1.165, 1.54) is 49.9 Å². The van der Waals surface area contributed by atoms with Crippen molar-refractivity contribution in [2.75, 3.05) is 0 Å². The lowest BCUT2D eigenvalue weighted by Gasteiger charge is -2.20. The van der Waals surface area contributed by atoms with Crippen LogP contribution >= 0.6 is 11.3 Å². The molecule has 1 aliphatic carbocycles. The van der Waals surface area contributed by atoms with Gasteiger partial charge in [0.25, 0.3) is 0 Å². The number of rotatable bonds is 11. The molecule has 146 valence electrons. The minimum Gasteiger partial charge on any atom is -0.480 e. The molecule has 26 heavy (non-hydrogen) atoms. The van der Waals surface area contributed by atoms with Gasteiger partial charge in [-0.15, -0.1) is 11.3 Å². The third kappa shape index (κ3) is 7.16. The molecule has 1 aromatic rings. The first-order valence-electron chi connectivity index (χ1n) is 9.85. The van der Waals surface area contributed by atoms with Crippen LogP contribution < -0.4 is 5.32 Å². The highest BCUT2D eigenvalue weighted by Gasteiger charge is 2.24. The Balaban J connectivity index is 1.87. The Hall–Kier alpha value is -1.27. The van der Waals surface area contributed by atoms with Gasteiger partial charge in [-0.3, -0.25) is 10.1 Å². The zero-order valence-corrected chi connectivity index (χ0v) is 16.8. The molecule has 0 unspecified atom stereocenters. The first kappa shape index (κ1) is 21.0. The number of carboxylic acids is 1. The number of aldehydes is 1. The number of nitrogens with zero attached hydrogens (tertiary/aromatic N) is 1. The molecule has 0 aliphatic heterocycles.